The normalized spacial score (nSPS) is 13.6. The van der Waals surface area contributed by atoms with Crippen molar-refractivity contribution < 1.29 is 18.9 Å². The van der Waals surface area contributed by atoms with Crippen molar-refractivity contribution in [2.75, 3.05) is 0 Å². The molecule has 0 nitrogen and oxygen atoms in total. The van der Waals surface area contributed by atoms with Crippen molar-refractivity contribution in [3.63, 3.8) is 0 Å². The Morgan fingerprint density at radius 3 is 1.89 bits per heavy atom. The fraction of sp³-hybridized carbons (Fsp3) is 0.556. The van der Waals surface area contributed by atoms with Gasteiger partial charge in [0.2, 0.25) is 0 Å². The van der Waals surface area contributed by atoms with Crippen molar-refractivity contribution in [1.29, 1.82) is 0 Å². The van der Waals surface area contributed by atoms with E-state index < -0.39 is 0 Å². The van der Waals surface area contributed by atoms with Crippen molar-refractivity contribution >= 4 is 0 Å². The van der Waals surface area contributed by atoms with E-state index in [0.29, 0.717) is 0 Å². The Hall–Kier alpha value is -0.963. The monoisotopic (exact) mass is 368 g/mol. The van der Waals surface area contributed by atoms with Crippen LogP contribution in [0.1, 0.15) is 102 Å². The summed E-state index contributed by atoms with van der Waals surface area (Å²) in [5.74, 6) is 0. The summed E-state index contributed by atoms with van der Waals surface area (Å²) >= 11 is 0. The van der Waals surface area contributed by atoms with Crippen molar-refractivity contribution in [2.24, 2.45) is 0 Å². The standard InChI is InChI=1S/C27H37.Li/c1-3-5-7-9-15-21-27(22-16-10-8-6-4-2)25-19-13-11-17-23(25)24-18-12-14-20-26(24)27;/h11-13,17-20H,3-10,15-16,21-22H2,1-2H3;/q-1;+1. The van der Waals surface area contributed by atoms with Gasteiger partial charge in [0.1, 0.15) is 0 Å². The molecule has 0 spiro atoms. The number of fused-ring (bicyclic) bond motifs is 3. The van der Waals surface area contributed by atoms with Crippen molar-refractivity contribution in [2.45, 2.75) is 96.3 Å². The fourth-order valence-corrected chi connectivity index (χ4v) is 5.07. The molecule has 0 aromatic heterocycles. The molecule has 0 unspecified atom stereocenters. The number of rotatable bonds is 12. The Morgan fingerprint density at radius 2 is 1.25 bits per heavy atom. The molecule has 1 heteroatoms. The largest absolute Gasteiger partial charge is 1.00 e. The van der Waals surface area contributed by atoms with E-state index >= 15 is 0 Å². The van der Waals surface area contributed by atoms with Crippen LogP contribution in [-0.2, 0) is 5.41 Å². The zero-order valence-corrected chi connectivity index (χ0v) is 18.5. The van der Waals surface area contributed by atoms with Gasteiger partial charge in [-0.15, -0.1) is 11.1 Å². The van der Waals surface area contributed by atoms with Gasteiger partial charge in [-0.3, -0.25) is 0 Å². The Balaban J connectivity index is 0.00000280. The molecule has 2 aromatic carbocycles. The van der Waals surface area contributed by atoms with Gasteiger partial charge in [-0.1, -0.05) is 115 Å². The maximum Gasteiger partial charge on any atom is 1.00 e. The minimum atomic E-state index is 0. The van der Waals surface area contributed by atoms with Gasteiger partial charge in [-0.05, 0) is 16.5 Å². The third-order valence-corrected chi connectivity index (χ3v) is 6.53. The number of hydrogen-bond acceptors (Lipinski definition) is 0. The first-order valence-electron chi connectivity index (χ1n) is 11.4. The van der Waals surface area contributed by atoms with Crippen LogP contribution in [0.4, 0.5) is 0 Å². The van der Waals surface area contributed by atoms with Crippen molar-refractivity contribution in [3.05, 3.63) is 59.7 Å². The molecule has 0 N–H and O–H groups in total. The third kappa shape index (κ3) is 5.14. The molecule has 0 aliphatic heterocycles. The van der Waals surface area contributed by atoms with Gasteiger partial charge < -0.3 is 0 Å². The van der Waals surface area contributed by atoms with Gasteiger partial charge in [-0.2, -0.15) is 24.3 Å². The van der Waals surface area contributed by atoms with Gasteiger partial charge in [0.25, 0.3) is 0 Å². The van der Waals surface area contributed by atoms with Crippen LogP contribution in [0.5, 0.6) is 0 Å². The molecule has 28 heavy (non-hydrogen) atoms. The summed E-state index contributed by atoms with van der Waals surface area (Å²) in [4.78, 5) is 0. The van der Waals surface area contributed by atoms with E-state index in [2.05, 4.69) is 62.4 Å². The summed E-state index contributed by atoms with van der Waals surface area (Å²) in [5, 5.41) is 0. The molecule has 2 aromatic rings. The van der Waals surface area contributed by atoms with Crippen LogP contribution in [0.2, 0.25) is 0 Å². The Morgan fingerprint density at radius 1 is 0.679 bits per heavy atom. The first-order chi connectivity index (χ1) is 13.3. The SMILES string of the molecule is CCCCCCCC1(CCCCCCC)c2c[c-]ccc2-c2ccccc21.[Li+]. The number of hydrogen-bond donors (Lipinski definition) is 0. The maximum absolute atomic E-state index is 3.40. The average molecular weight is 369 g/mol. The van der Waals surface area contributed by atoms with Crippen LogP contribution in [0.25, 0.3) is 11.1 Å². The van der Waals surface area contributed by atoms with Crippen LogP contribution < -0.4 is 18.9 Å². The summed E-state index contributed by atoms with van der Waals surface area (Å²) in [6, 6.07) is 19.3. The van der Waals surface area contributed by atoms with Crippen LogP contribution >= 0.6 is 0 Å². The molecule has 1 aliphatic carbocycles. The van der Waals surface area contributed by atoms with E-state index in [9.17, 15) is 0 Å². The van der Waals surface area contributed by atoms with Gasteiger partial charge in [0.05, 0.1) is 0 Å². The van der Waals surface area contributed by atoms with E-state index in [1.807, 2.05) is 0 Å². The average Bonchev–Trinajstić information content (AvgIpc) is 2.99. The van der Waals surface area contributed by atoms with Crippen LogP contribution in [-0.4, -0.2) is 0 Å². The Kier molecular flexibility index (Phi) is 9.91. The quantitative estimate of drug-likeness (QED) is 0.264. The molecule has 0 heterocycles. The first-order valence-corrected chi connectivity index (χ1v) is 11.4. The molecule has 0 radical (unpaired) electrons. The van der Waals surface area contributed by atoms with E-state index in [4.69, 9.17) is 0 Å². The molecule has 0 saturated carbocycles. The molecular formula is C27H37Li. The second-order valence-corrected chi connectivity index (χ2v) is 8.43. The van der Waals surface area contributed by atoms with Crippen LogP contribution in [0.3, 0.4) is 0 Å². The van der Waals surface area contributed by atoms with Gasteiger partial charge in [0, 0.05) is 0 Å². The van der Waals surface area contributed by atoms with Gasteiger partial charge >= 0.3 is 18.9 Å². The van der Waals surface area contributed by atoms with Crippen molar-refractivity contribution in [3.8, 4) is 11.1 Å². The zero-order chi connectivity index (χ0) is 19.0. The Bertz CT molecular complexity index is 641. The molecule has 0 atom stereocenters. The third-order valence-electron chi connectivity index (χ3n) is 6.53. The molecule has 0 fully saturated rings. The zero-order valence-electron chi connectivity index (χ0n) is 18.5. The fourth-order valence-electron chi connectivity index (χ4n) is 5.07. The molecule has 0 saturated heterocycles. The van der Waals surface area contributed by atoms with E-state index in [1.54, 1.807) is 11.1 Å². The van der Waals surface area contributed by atoms with E-state index in [0.717, 1.165) is 0 Å². The summed E-state index contributed by atoms with van der Waals surface area (Å²) in [6.07, 6.45) is 16.2. The predicted octanol–water partition coefficient (Wildman–Crippen LogP) is 5.48. The molecule has 0 bridgehead atoms. The Labute approximate surface area is 185 Å². The molecule has 146 valence electrons. The van der Waals surface area contributed by atoms with Crippen LogP contribution in [0.15, 0.2) is 42.5 Å². The molecule has 0 amide bonds. The minimum Gasteiger partial charge on any atom is -0.183 e. The van der Waals surface area contributed by atoms with Crippen molar-refractivity contribution in [1.82, 2.24) is 0 Å². The second kappa shape index (κ2) is 11.9. The number of benzene rings is 2. The molecule has 1 aliphatic rings. The number of unbranched alkanes of at least 4 members (excludes halogenated alkanes) is 8. The molecule has 3 rings (SSSR count). The van der Waals surface area contributed by atoms with E-state index in [-0.39, 0.29) is 24.3 Å². The van der Waals surface area contributed by atoms with Gasteiger partial charge in [-0.25, -0.2) is 0 Å². The molecular weight excluding hydrogens is 331 g/mol. The van der Waals surface area contributed by atoms with Crippen LogP contribution in [0, 0.1) is 6.07 Å². The summed E-state index contributed by atoms with van der Waals surface area (Å²) < 4.78 is 0. The summed E-state index contributed by atoms with van der Waals surface area (Å²) in [7, 11) is 0. The topological polar surface area (TPSA) is 0 Å². The summed E-state index contributed by atoms with van der Waals surface area (Å²) in [6.45, 7) is 4.61. The first kappa shape index (κ1) is 23.3. The second-order valence-electron chi connectivity index (χ2n) is 8.43. The summed E-state index contributed by atoms with van der Waals surface area (Å²) in [5.41, 5.74) is 6.31. The minimum absolute atomic E-state index is 0. The van der Waals surface area contributed by atoms with Gasteiger partial charge in [0.15, 0.2) is 0 Å². The smallest absolute Gasteiger partial charge is 0.183 e. The van der Waals surface area contributed by atoms with E-state index in [1.165, 1.54) is 88.2 Å². The maximum atomic E-state index is 3.40. The predicted molar refractivity (Wildman–Crippen MR) is 118 cm³/mol.